The van der Waals surface area contributed by atoms with Crippen molar-refractivity contribution in [2.45, 2.75) is 52.2 Å². The molecule has 0 saturated heterocycles. The van der Waals surface area contributed by atoms with E-state index in [0.717, 1.165) is 18.4 Å². The molecule has 1 aromatic rings. The normalized spacial score (nSPS) is 18.1. The van der Waals surface area contributed by atoms with Crippen molar-refractivity contribution in [3.8, 4) is 11.8 Å². The Kier molecular flexibility index (Phi) is 5.39. The van der Waals surface area contributed by atoms with Gasteiger partial charge in [0.25, 0.3) is 0 Å². The van der Waals surface area contributed by atoms with Crippen LogP contribution in [0.25, 0.3) is 0 Å². The average Bonchev–Trinajstić information content (AvgIpc) is 2.46. The third kappa shape index (κ3) is 4.84. The number of hydrogen-bond acceptors (Lipinski definition) is 2. The lowest BCUT2D eigenvalue weighted by molar-refractivity contribution is -0.00560. The molecule has 21 heavy (non-hydrogen) atoms. The summed E-state index contributed by atoms with van der Waals surface area (Å²) in [7, 11) is 0. The van der Waals surface area contributed by atoms with Crippen LogP contribution in [-0.2, 0) is 11.3 Å². The van der Waals surface area contributed by atoms with E-state index in [4.69, 9.17) is 10.5 Å². The summed E-state index contributed by atoms with van der Waals surface area (Å²) in [6.45, 7) is 5.37. The van der Waals surface area contributed by atoms with Crippen molar-refractivity contribution in [2.75, 3.05) is 6.54 Å². The van der Waals surface area contributed by atoms with E-state index in [1.807, 2.05) is 0 Å². The predicted molar refractivity (Wildman–Crippen MR) is 83.2 cm³/mol. The molecule has 0 heterocycles. The van der Waals surface area contributed by atoms with Crippen LogP contribution < -0.4 is 5.73 Å². The summed E-state index contributed by atoms with van der Waals surface area (Å²) >= 11 is 0. The van der Waals surface area contributed by atoms with E-state index in [0.29, 0.717) is 23.7 Å². The zero-order valence-electron chi connectivity index (χ0n) is 12.9. The largest absolute Gasteiger partial charge is 0.374 e. The van der Waals surface area contributed by atoms with Gasteiger partial charge in [-0.05, 0) is 48.8 Å². The van der Waals surface area contributed by atoms with Crippen LogP contribution in [0.1, 0.15) is 50.7 Å². The van der Waals surface area contributed by atoms with Crippen LogP contribution in [0.4, 0.5) is 4.39 Å². The molecule has 1 aliphatic carbocycles. The van der Waals surface area contributed by atoms with Gasteiger partial charge >= 0.3 is 0 Å². The van der Waals surface area contributed by atoms with Crippen LogP contribution in [-0.4, -0.2) is 12.6 Å². The van der Waals surface area contributed by atoms with Crippen molar-refractivity contribution in [3.63, 3.8) is 0 Å². The minimum Gasteiger partial charge on any atom is -0.374 e. The molecule has 0 spiro atoms. The molecule has 0 unspecified atom stereocenters. The van der Waals surface area contributed by atoms with Crippen molar-refractivity contribution >= 4 is 0 Å². The van der Waals surface area contributed by atoms with Gasteiger partial charge in [0.05, 0.1) is 24.8 Å². The number of nitrogens with two attached hydrogens (primary N) is 1. The fourth-order valence-corrected chi connectivity index (χ4v) is 2.66. The van der Waals surface area contributed by atoms with Gasteiger partial charge in [-0.25, -0.2) is 4.39 Å². The molecule has 0 aromatic heterocycles. The summed E-state index contributed by atoms with van der Waals surface area (Å²) in [5, 5.41) is 0. The molecule has 1 saturated carbocycles. The van der Waals surface area contributed by atoms with Gasteiger partial charge < -0.3 is 10.5 Å². The first-order chi connectivity index (χ1) is 10.00. The van der Waals surface area contributed by atoms with E-state index in [1.165, 1.54) is 18.9 Å². The Bertz CT molecular complexity index is 532. The third-order valence-corrected chi connectivity index (χ3v) is 4.13. The van der Waals surface area contributed by atoms with Gasteiger partial charge in [0.1, 0.15) is 5.82 Å². The molecule has 114 valence electrons. The predicted octanol–water partition coefficient (Wildman–Crippen LogP) is 3.62. The number of rotatable bonds is 3. The Morgan fingerprint density at radius 2 is 2.05 bits per heavy atom. The van der Waals surface area contributed by atoms with Gasteiger partial charge in [-0.3, -0.25) is 0 Å². The van der Waals surface area contributed by atoms with Gasteiger partial charge in [-0.1, -0.05) is 31.8 Å². The van der Waals surface area contributed by atoms with E-state index in [-0.39, 0.29) is 12.4 Å². The maximum Gasteiger partial charge on any atom is 0.138 e. The number of benzene rings is 1. The molecular weight excluding hydrogens is 265 g/mol. The molecule has 1 aromatic carbocycles. The van der Waals surface area contributed by atoms with Crippen molar-refractivity contribution in [1.82, 2.24) is 0 Å². The Morgan fingerprint density at radius 1 is 1.33 bits per heavy atom. The first-order valence-corrected chi connectivity index (χ1v) is 7.59. The molecule has 0 bridgehead atoms. The van der Waals surface area contributed by atoms with Crippen molar-refractivity contribution < 1.29 is 9.13 Å². The highest BCUT2D eigenvalue weighted by molar-refractivity contribution is 5.38. The molecule has 2 nitrogen and oxygen atoms in total. The highest BCUT2D eigenvalue weighted by Crippen LogP contribution is 2.36. The quantitative estimate of drug-likeness (QED) is 0.863. The van der Waals surface area contributed by atoms with Crippen LogP contribution in [0.3, 0.4) is 0 Å². The van der Waals surface area contributed by atoms with Crippen LogP contribution in [0.2, 0.25) is 0 Å². The van der Waals surface area contributed by atoms with E-state index < -0.39 is 0 Å². The zero-order chi connectivity index (χ0) is 15.3. The molecule has 1 aliphatic rings. The lowest BCUT2D eigenvalue weighted by Gasteiger charge is -2.34. The first kappa shape index (κ1) is 16.0. The number of ether oxygens (including phenoxy) is 1. The summed E-state index contributed by atoms with van der Waals surface area (Å²) in [5.74, 6) is 5.13. The second-order valence-corrected chi connectivity index (χ2v) is 6.49. The SMILES string of the molecule is CC1(C)CCC(OCc2ccc(F)c(C#CCN)c2)CC1. The Labute approximate surface area is 126 Å². The molecule has 0 radical (unpaired) electrons. The number of hydrogen-bond donors (Lipinski definition) is 1. The molecule has 2 N–H and O–H groups in total. The van der Waals surface area contributed by atoms with Crippen molar-refractivity contribution in [3.05, 3.63) is 35.1 Å². The van der Waals surface area contributed by atoms with E-state index in [2.05, 4.69) is 25.7 Å². The van der Waals surface area contributed by atoms with Crippen LogP contribution in [0, 0.1) is 23.1 Å². The summed E-state index contributed by atoms with van der Waals surface area (Å²) in [6, 6.07) is 4.96. The van der Waals surface area contributed by atoms with Crippen LogP contribution in [0.15, 0.2) is 18.2 Å². The maximum atomic E-state index is 13.6. The van der Waals surface area contributed by atoms with Gasteiger partial charge in [0.2, 0.25) is 0 Å². The topological polar surface area (TPSA) is 35.2 Å². The first-order valence-electron chi connectivity index (χ1n) is 7.59. The lowest BCUT2D eigenvalue weighted by Crippen LogP contribution is -2.26. The highest BCUT2D eigenvalue weighted by atomic mass is 19.1. The molecule has 3 heteroatoms. The fraction of sp³-hybridized carbons (Fsp3) is 0.556. The summed E-state index contributed by atoms with van der Waals surface area (Å²) in [6.07, 6.45) is 4.94. The summed E-state index contributed by atoms with van der Waals surface area (Å²) in [5.41, 5.74) is 7.12. The molecule has 2 rings (SSSR count). The Morgan fingerprint density at radius 3 is 2.71 bits per heavy atom. The summed E-state index contributed by atoms with van der Waals surface area (Å²) in [4.78, 5) is 0. The van der Waals surface area contributed by atoms with Crippen molar-refractivity contribution in [2.24, 2.45) is 11.1 Å². The van der Waals surface area contributed by atoms with E-state index >= 15 is 0 Å². The van der Waals surface area contributed by atoms with Gasteiger partial charge in [0, 0.05) is 0 Å². The molecule has 0 amide bonds. The minimum absolute atomic E-state index is 0.234. The smallest absolute Gasteiger partial charge is 0.138 e. The van der Waals surface area contributed by atoms with Gasteiger partial charge in [-0.15, -0.1) is 0 Å². The number of halogens is 1. The Balaban J connectivity index is 1.92. The molecular formula is C18H24FNO. The molecule has 0 aliphatic heterocycles. The second kappa shape index (κ2) is 7.06. The van der Waals surface area contributed by atoms with Crippen LogP contribution in [0.5, 0.6) is 0 Å². The van der Waals surface area contributed by atoms with Crippen molar-refractivity contribution in [1.29, 1.82) is 0 Å². The monoisotopic (exact) mass is 289 g/mol. The maximum absolute atomic E-state index is 13.6. The third-order valence-electron chi connectivity index (χ3n) is 4.13. The Hall–Kier alpha value is -1.37. The second-order valence-electron chi connectivity index (χ2n) is 6.49. The molecule has 0 atom stereocenters. The van der Waals surface area contributed by atoms with Gasteiger partial charge in [-0.2, -0.15) is 0 Å². The average molecular weight is 289 g/mol. The highest BCUT2D eigenvalue weighted by Gasteiger charge is 2.27. The van der Waals surface area contributed by atoms with Crippen LogP contribution >= 0.6 is 0 Å². The lowest BCUT2D eigenvalue weighted by atomic mass is 9.76. The van der Waals surface area contributed by atoms with Gasteiger partial charge in [0.15, 0.2) is 0 Å². The minimum atomic E-state index is -0.306. The standard InChI is InChI=1S/C18H24FNO/c1-18(2)9-7-16(8-10-18)21-13-14-5-6-17(19)15(12-14)4-3-11-20/h5-6,12,16H,7-11,13,20H2,1-2H3. The fourth-order valence-electron chi connectivity index (χ4n) is 2.66. The zero-order valence-corrected chi connectivity index (χ0v) is 12.9. The van der Waals surface area contributed by atoms with E-state index in [1.54, 1.807) is 12.1 Å². The van der Waals surface area contributed by atoms with E-state index in [9.17, 15) is 4.39 Å². The molecule has 1 fully saturated rings. The summed E-state index contributed by atoms with van der Waals surface area (Å²) < 4.78 is 19.6.